The first-order valence-corrected chi connectivity index (χ1v) is 12.0. The third-order valence-electron chi connectivity index (χ3n) is 6.46. The molecule has 1 saturated carbocycles. The number of hydrogen-bond donors (Lipinski definition) is 1. The van der Waals surface area contributed by atoms with Gasteiger partial charge < -0.3 is 19.8 Å². The molecule has 2 aromatic heterocycles. The molecular weight excluding hydrogens is 557 g/mol. The molecule has 33 heavy (non-hydrogen) atoms. The largest absolute Gasteiger partial charge is 0.383 e. The van der Waals surface area contributed by atoms with E-state index in [2.05, 4.69) is 17.7 Å². The van der Waals surface area contributed by atoms with Crippen molar-refractivity contribution in [1.29, 1.82) is 0 Å². The summed E-state index contributed by atoms with van der Waals surface area (Å²) < 4.78 is 19.2. The molecule has 3 aromatic rings. The van der Waals surface area contributed by atoms with Crippen LogP contribution in [0, 0.1) is 0 Å². The molecule has 5 rings (SSSR count). The zero-order valence-electron chi connectivity index (χ0n) is 18.3. The number of rotatable bonds is 4. The Hall–Kier alpha value is -2.08. The van der Waals surface area contributed by atoms with E-state index in [4.69, 9.17) is 26.8 Å². The molecule has 10 heteroatoms. The maximum Gasteiger partial charge on any atom is 0.226 e. The van der Waals surface area contributed by atoms with Gasteiger partial charge in [-0.15, -0.1) is 0 Å². The Labute approximate surface area is 210 Å². The van der Waals surface area contributed by atoms with E-state index in [0.717, 1.165) is 34.9 Å². The predicted molar refractivity (Wildman–Crippen MR) is 135 cm³/mol. The van der Waals surface area contributed by atoms with E-state index in [1.54, 1.807) is 6.07 Å². The summed E-state index contributed by atoms with van der Waals surface area (Å²) in [5.74, 6) is -0.380. The monoisotopic (exact) mass is 579 g/mol. The van der Waals surface area contributed by atoms with Crippen LogP contribution in [0.15, 0.2) is 33.7 Å². The van der Waals surface area contributed by atoms with Crippen LogP contribution in [-0.4, -0.2) is 44.5 Å². The van der Waals surface area contributed by atoms with Crippen LogP contribution >= 0.6 is 34.5 Å². The SMILES string of the molecule is C/C(=N\I)c1cn([C@@H]2C[C@H](c3cccc(C=O)c3)[C@H]3OC(C)(C)O[C@H]32)c2nc(Cl)nc(N)c12. The van der Waals surface area contributed by atoms with E-state index in [1.165, 1.54) is 0 Å². The summed E-state index contributed by atoms with van der Waals surface area (Å²) in [6.45, 7) is 5.76. The summed E-state index contributed by atoms with van der Waals surface area (Å²) in [7, 11) is 0. The molecule has 2 fully saturated rings. The van der Waals surface area contributed by atoms with Crippen molar-refractivity contribution in [3.63, 3.8) is 0 Å². The van der Waals surface area contributed by atoms with Gasteiger partial charge in [-0.2, -0.15) is 4.98 Å². The molecule has 3 heterocycles. The summed E-state index contributed by atoms with van der Waals surface area (Å²) in [5, 5.41) is 0.808. The Kier molecular flexibility index (Phi) is 5.71. The first kappa shape index (κ1) is 22.7. The zero-order chi connectivity index (χ0) is 23.5. The second-order valence-corrected chi connectivity index (χ2v) is 9.78. The minimum absolute atomic E-state index is 0.0385. The number of hydrogen-bond acceptors (Lipinski definition) is 7. The van der Waals surface area contributed by atoms with Gasteiger partial charge in [-0.1, -0.05) is 18.2 Å². The number of fused-ring (bicyclic) bond motifs is 2. The lowest BCUT2D eigenvalue weighted by atomic mass is 9.94. The molecule has 0 amide bonds. The molecule has 172 valence electrons. The van der Waals surface area contributed by atoms with Crippen LogP contribution in [0.4, 0.5) is 5.82 Å². The van der Waals surface area contributed by atoms with Crippen LogP contribution in [0.2, 0.25) is 5.28 Å². The maximum absolute atomic E-state index is 11.4. The molecule has 1 aliphatic heterocycles. The third-order valence-corrected chi connectivity index (χ3v) is 7.35. The summed E-state index contributed by atoms with van der Waals surface area (Å²) >= 11 is 8.17. The quantitative estimate of drug-likeness (QED) is 0.204. The molecule has 1 aliphatic carbocycles. The number of halogens is 2. The first-order chi connectivity index (χ1) is 15.7. The molecule has 0 unspecified atom stereocenters. The van der Waals surface area contributed by atoms with Crippen molar-refractivity contribution in [1.82, 2.24) is 14.5 Å². The fraction of sp³-hybridized carbons (Fsp3) is 0.391. The Bertz CT molecular complexity index is 1290. The number of aldehydes is 1. The van der Waals surface area contributed by atoms with Crippen molar-refractivity contribution in [2.75, 3.05) is 5.73 Å². The Balaban J connectivity index is 1.67. The van der Waals surface area contributed by atoms with Gasteiger partial charge in [-0.25, -0.2) is 8.19 Å². The van der Waals surface area contributed by atoms with Crippen LogP contribution in [0.25, 0.3) is 11.0 Å². The normalized spacial score (nSPS) is 26.6. The van der Waals surface area contributed by atoms with E-state index >= 15 is 0 Å². The first-order valence-electron chi connectivity index (χ1n) is 10.6. The number of carbonyl (C=O) groups is 1. The van der Waals surface area contributed by atoms with E-state index in [-0.39, 0.29) is 29.5 Å². The van der Waals surface area contributed by atoms with Gasteiger partial charge in [-0.05, 0) is 50.4 Å². The van der Waals surface area contributed by atoms with Gasteiger partial charge in [0, 0.05) is 23.2 Å². The number of aromatic nitrogens is 3. The average molecular weight is 580 g/mol. The summed E-state index contributed by atoms with van der Waals surface area (Å²) in [5.41, 5.74) is 10.3. The van der Waals surface area contributed by atoms with Gasteiger partial charge in [-0.3, -0.25) is 4.79 Å². The fourth-order valence-corrected chi connectivity index (χ4v) is 5.57. The van der Waals surface area contributed by atoms with E-state index in [1.807, 2.05) is 68.0 Å². The molecule has 8 nitrogen and oxygen atoms in total. The molecule has 2 N–H and O–H groups in total. The van der Waals surface area contributed by atoms with Gasteiger partial charge in [0.15, 0.2) is 5.79 Å². The minimum atomic E-state index is -0.731. The van der Waals surface area contributed by atoms with Crippen LogP contribution in [0.3, 0.4) is 0 Å². The molecule has 0 radical (unpaired) electrons. The average Bonchev–Trinajstić information content (AvgIpc) is 3.41. The standard InChI is InChI=1S/C23H23ClIN5O3/c1-11(29-25)15-9-30(21-17(15)20(26)27-22(24)28-21)16-8-14(13-6-4-5-12(7-13)10-31)18-19(16)33-23(2,3)32-18/h4-7,9-10,14,16,18-19H,8H2,1-3H3,(H2,26,27,28)/b29-11+/t14-,16-,18-,19+/m1/s1. The zero-order valence-corrected chi connectivity index (χ0v) is 21.2. The van der Waals surface area contributed by atoms with Crippen molar-refractivity contribution in [2.45, 2.75) is 57.1 Å². The second kappa shape index (κ2) is 8.30. The fourth-order valence-electron chi connectivity index (χ4n) is 5.14. The second-order valence-electron chi connectivity index (χ2n) is 8.96. The van der Waals surface area contributed by atoms with Crippen molar-refractivity contribution in [3.8, 4) is 0 Å². The number of nitrogens with two attached hydrogens (primary N) is 1. The Morgan fingerprint density at radius 3 is 2.82 bits per heavy atom. The summed E-state index contributed by atoms with van der Waals surface area (Å²) in [6.07, 6.45) is 3.20. The van der Waals surface area contributed by atoms with Gasteiger partial charge in [0.05, 0.1) is 46.1 Å². The lowest BCUT2D eigenvalue weighted by molar-refractivity contribution is -0.157. The van der Waals surface area contributed by atoms with Crippen molar-refractivity contribution < 1.29 is 14.3 Å². The molecule has 0 spiro atoms. The number of nitrogens with zero attached hydrogens (tertiary/aromatic N) is 4. The topological polar surface area (TPSA) is 105 Å². The highest BCUT2D eigenvalue weighted by Gasteiger charge is 2.55. The maximum atomic E-state index is 11.4. The summed E-state index contributed by atoms with van der Waals surface area (Å²) in [6, 6.07) is 7.57. The number of benzene rings is 1. The number of ether oxygens (including phenoxy) is 2. The minimum Gasteiger partial charge on any atom is -0.383 e. The predicted octanol–water partition coefficient (Wildman–Crippen LogP) is 4.89. The van der Waals surface area contributed by atoms with E-state index in [9.17, 15) is 4.79 Å². The molecular formula is C23H23ClIN5O3. The lowest BCUT2D eigenvalue weighted by Crippen LogP contribution is -2.27. The molecule has 0 bridgehead atoms. The van der Waals surface area contributed by atoms with Crippen molar-refractivity contribution in [2.24, 2.45) is 3.21 Å². The highest BCUT2D eigenvalue weighted by molar-refractivity contribution is 14.1. The highest BCUT2D eigenvalue weighted by Crippen LogP contribution is 2.52. The van der Waals surface area contributed by atoms with Crippen LogP contribution in [0.1, 0.15) is 60.6 Å². The van der Waals surface area contributed by atoms with Gasteiger partial charge in [0.2, 0.25) is 5.28 Å². The Morgan fingerprint density at radius 1 is 1.33 bits per heavy atom. The van der Waals surface area contributed by atoms with E-state index < -0.39 is 5.79 Å². The highest BCUT2D eigenvalue weighted by atomic mass is 127. The molecule has 1 aromatic carbocycles. The molecule has 1 saturated heterocycles. The van der Waals surface area contributed by atoms with Crippen LogP contribution < -0.4 is 5.73 Å². The van der Waals surface area contributed by atoms with Crippen molar-refractivity contribution >= 4 is 63.3 Å². The molecule has 2 aliphatic rings. The van der Waals surface area contributed by atoms with Crippen LogP contribution in [0.5, 0.6) is 0 Å². The van der Waals surface area contributed by atoms with E-state index in [0.29, 0.717) is 17.0 Å². The van der Waals surface area contributed by atoms with Gasteiger partial charge >= 0.3 is 0 Å². The third kappa shape index (κ3) is 3.84. The van der Waals surface area contributed by atoms with Crippen LogP contribution in [-0.2, 0) is 9.47 Å². The van der Waals surface area contributed by atoms with Gasteiger partial charge in [0.1, 0.15) is 23.9 Å². The van der Waals surface area contributed by atoms with Crippen molar-refractivity contribution in [3.05, 3.63) is 52.4 Å². The number of nitrogen functional groups attached to an aromatic ring is 1. The van der Waals surface area contributed by atoms with Gasteiger partial charge in [0.25, 0.3) is 0 Å². The lowest BCUT2D eigenvalue weighted by Gasteiger charge is -2.24. The Morgan fingerprint density at radius 2 is 2.09 bits per heavy atom. The smallest absolute Gasteiger partial charge is 0.226 e. The molecule has 4 atom stereocenters. The number of carbonyl (C=O) groups excluding carboxylic acids is 1. The summed E-state index contributed by atoms with van der Waals surface area (Å²) in [4.78, 5) is 20.1. The number of anilines is 1.